The Hall–Kier alpha value is -5.31. The van der Waals surface area contributed by atoms with Gasteiger partial charge in [0.05, 0.1) is 48.2 Å². The van der Waals surface area contributed by atoms with E-state index >= 15 is 0 Å². The third-order valence-electron chi connectivity index (χ3n) is 11.2. The molecule has 5 aromatic rings. The highest BCUT2D eigenvalue weighted by atomic mass is 16.6. The minimum atomic E-state index is -1.23. The van der Waals surface area contributed by atoms with Gasteiger partial charge in [-0.05, 0) is 83.7 Å². The van der Waals surface area contributed by atoms with E-state index in [2.05, 4.69) is 69.1 Å². The van der Waals surface area contributed by atoms with Gasteiger partial charge in [-0.1, -0.05) is 58.0 Å². The van der Waals surface area contributed by atoms with E-state index < -0.39 is 24.6 Å². The Morgan fingerprint density at radius 2 is 1.38 bits per heavy atom. The second kappa shape index (κ2) is 16.4. The first kappa shape index (κ1) is 38.9. The summed E-state index contributed by atoms with van der Waals surface area (Å²) >= 11 is 0. The fourth-order valence-electron chi connectivity index (χ4n) is 8.07. The lowest BCUT2D eigenvalue weighted by Crippen LogP contribution is -2.52. The molecule has 0 bridgehead atoms. The van der Waals surface area contributed by atoms with E-state index in [4.69, 9.17) is 19.4 Å². The first-order chi connectivity index (χ1) is 26.9. The molecule has 0 spiro atoms. The zero-order valence-corrected chi connectivity index (χ0v) is 32.8. The van der Waals surface area contributed by atoms with Crippen LogP contribution in [0.2, 0.25) is 0 Å². The molecule has 2 fully saturated rings. The van der Waals surface area contributed by atoms with Gasteiger partial charge in [0.15, 0.2) is 0 Å². The fourth-order valence-corrected chi connectivity index (χ4v) is 8.07. The number of aliphatic hydroxyl groups is 1. The van der Waals surface area contributed by atoms with Crippen molar-refractivity contribution in [2.45, 2.75) is 84.0 Å². The molecule has 0 aliphatic carbocycles. The van der Waals surface area contributed by atoms with Gasteiger partial charge in [0.25, 0.3) is 0 Å². The van der Waals surface area contributed by atoms with Crippen molar-refractivity contribution < 1.29 is 29.0 Å². The summed E-state index contributed by atoms with van der Waals surface area (Å²) in [4.78, 5) is 59.5. The van der Waals surface area contributed by atoms with Crippen molar-refractivity contribution in [1.29, 1.82) is 0 Å². The SMILES string of the molecule is COC(=O)N[C@H](C(=O)N1CCC[C@H]1c1nc2ccc(-c3ccc4cc(-c5cnc([C@@H]6CCCN6C(=O)[C@@H](NC(O)OC)C(C)C)[nH]5)ccc4c3)cc2[nH]1)C(C)C. The standard InChI is InChI=1S/C42H52N8O6/c1-23(2)35(47-41(53)55-5)39(51)49-17-7-9-33(49)37-43-22-32(46-37)29-14-13-25-19-26(11-12-27(25)20-29)28-15-16-30-31(21-28)45-38(44-30)34-10-8-18-50(34)40(52)36(24(3)4)48-42(54)56-6/h11-16,19-24,33-36,41,47,53H,7-10,17-18H2,1-6H3,(H,43,46)(H,44,45)(H,48,54)/t33-,34-,35-,36-,41?/m0/s1. The number of nitrogens with zero attached hydrogens (tertiary/aromatic N) is 4. The van der Waals surface area contributed by atoms with Gasteiger partial charge in [0, 0.05) is 25.8 Å². The third kappa shape index (κ3) is 7.86. The number of imidazole rings is 2. The van der Waals surface area contributed by atoms with E-state index in [1.54, 1.807) is 0 Å². The normalized spacial score (nSPS) is 18.9. The van der Waals surface area contributed by atoms with E-state index in [9.17, 15) is 19.5 Å². The van der Waals surface area contributed by atoms with Crippen LogP contribution in [0.4, 0.5) is 4.79 Å². The number of aromatic amines is 2. The van der Waals surface area contributed by atoms with E-state index in [0.717, 1.165) is 81.5 Å². The molecule has 0 radical (unpaired) electrons. The van der Waals surface area contributed by atoms with Crippen LogP contribution < -0.4 is 10.6 Å². The highest BCUT2D eigenvalue weighted by Gasteiger charge is 2.39. The molecule has 1 unspecified atom stereocenters. The van der Waals surface area contributed by atoms with Gasteiger partial charge in [-0.2, -0.15) is 0 Å². The number of amides is 3. The number of H-pyrrole nitrogens is 2. The molecule has 296 valence electrons. The topological polar surface area (TPSA) is 178 Å². The summed E-state index contributed by atoms with van der Waals surface area (Å²) in [7, 11) is 2.68. The summed E-state index contributed by atoms with van der Waals surface area (Å²) in [5.74, 6) is 1.11. The largest absolute Gasteiger partial charge is 0.453 e. The summed E-state index contributed by atoms with van der Waals surface area (Å²) in [5.41, 5.74) is 5.70. The van der Waals surface area contributed by atoms with Crippen LogP contribution >= 0.6 is 0 Å². The molecule has 3 aromatic carbocycles. The number of benzene rings is 3. The van der Waals surface area contributed by atoms with Crippen molar-refractivity contribution >= 4 is 39.7 Å². The van der Waals surface area contributed by atoms with Crippen molar-refractivity contribution in [2.75, 3.05) is 27.3 Å². The Kier molecular flexibility index (Phi) is 11.4. The number of aliphatic hydroxyl groups excluding tert-OH is 1. The number of fused-ring (bicyclic) bond motifs is 2. The molecule has 5 atom stereocenters. The lowest BCUT2D eigenvalue weighted by atomic mass is 9.99. The third-order valence-corrected chi connectivity index (χ3v) is 11.2. The quantitative estimate of drug-likeness (QED) is 0.0952. The van der Waals surface area contributed by atoms with Gasteiger partial charge in [0.2, 0.25) is 18.2 Å². The number of ether oxygens (including phenoxy) is 2. The average Bonchev–Trinajstić information content (AvgIpc) is 4.03. The molecule has 2 saturated heterocycles. The number of hydrogen-bond acceptors (Lipinski definition) is 9. The smallest absolute Gasteiger partial charge is 0.407 e. The van der Waals surface area contributed by atoms with E-state index in [1.165, 1.54) is 14.2 Å². The van der Waals surface area contributed by atoms with Crippen molar-refractivity contribution in [3.05, 3.63) is 72.4 Å². The molecular weight excluding hydrogens is 713 g/mol. The van der Waals surface area contributed by atoms with Gasteiger partial charge in [0.1, 0.15) is 17.7 Å². The molecule has 14 nitrogen and oxygen atoms in total. The summed E-state index contributed by atoms with van der Waals surface area (Å²) in [6.07, 6.45) is 3.28. The van der Waals surface area contributed by atoms with E-state index in [0.29, 0.717) is 13.1 Å². The van der Waals surface area contributed by atoms with Crippen molar-refractivity contribution in [3.63, 3.8) is 0 Å². The number of methoxy groups -OCH3 is 2. The minimum absolute atomic E-state index is 0.0467. The van der Waals surface area contributed by atoms with Gasteiger partial charge in [-0.25, -0.2) is 14.8 Å². The maximum atomic E-state index is 13.6. The van der Waals surface area contributed by atoms with Crippen LogP contribution in [0.1, 0.15) is 77.1 Å². The maximum absolute atomic E-state index is 13.6. The lowest BCUT2D eigenvalue weighted by molar-refractivity contribution is -0.145. The minimum Gasteiger partial charge on any atom is -0.453 e. The van der Waals surface area contributed by atoms with E-state index in [-0.39, 0.29) is 35.7 Å². The Labute approximate surface area is 326 Å². The molecule has 7 rings (SSSR count). The first-order valence-electron chi connectivity index (χ1n) is 19.5. The number of nitrogens with one attached hydrogen (secondary N) is 4. The van der Waals surface area contributed by atoms with Gasteiger partial charge >= 0.3 is 6.09 Å². The van der Waals surface area contributed by atoms with Gasteiger partial charge < -0.3 is 39.7 Å². The zero-order chi connectivity index (χ0) is 39.7. The second-order valence-electron chi connectivity index (χ2n) is 15.5. The van der Waals surface area contributed by atoms with Crippen LogP contribution in [0.15, 0.2) is 60.8 Å². The summed E-state index contributed by atoms with van der Waals surface area (Å²) in [6.45, 7) is 8.92. The Morgan fingerprint density at radius 3 is 2.02 bits per heavy atom. The van der Waals surface area contributed by atoms with Crippen molar-refractivity contribution in [2.24, 2.45) is 11.8 Å². The number of carbonyl (C=O) groups is 3. The number of hydrogen-bond donors (Lipinski definition) is 5. The molecule has 2 aliphatic rings. The van der Waals surface area contributed by atoms with Crippen LogP contribution in [0.25, 0.3) is 44.2 Å². The summed E-state index contributed by atoms with van der Waals surface area (Å²) in [5, 5.41) is 17.8. The highest BCUT2D eigenvalue weighted by Crippen LogP contribution is 2.36. The monoisotopic (exact) mass is 764 g/mol. The highest BCUT2D eigenvalue weighted by molar-refractivity contribution is 5.92. The summed E-state index contributed by atoms with van der Waals surface area (Å²) in [6, 6.07) is 17.2. The predicted molar refractivity (Wildman–Crippen MR) is 213 cm³/mol. The Bertz CT molecular complexity index is 2210. The van der Waals surface area contributed by atoms with Crippen molar-refractivity contribution in [3.8, 4) is 22.4 Å². The van der Waals surface area contributed by atoms with Gasteiger partial charge in [-0.3, -0.25) is 14.9 Å². The predicted octanol–water partition coefficient (Wildman–Crippen LogP) is 6.02. The fraction of sp³-hybridized carbons (Fsp3) is 0.452. The first-order valence-corrected chi connectivity index (χ1v) is 19.5. The average molecular weight is 765 g/mol. The molecule has 56 heavy (non-hydrogen) atoms. The van der Waals surface area contributed by atoms with Crippen molar-refractivity contribution in [1.82, 2.24) is 40.4 Å². The number of rotatable bonds is 12. The molecule has 0 saturated carbocycles. The molecule has 3 amide bonds. The molecule has 2 aromatic heterocycles. The summed E-state index contributed by atoms with van der Waals surface area (Å²) < 4.78 is 9.73. The second-order valence-corrected chi connectivity index (χ2v) is 15.5. The molecule has 4 heterocycles. The molecule has 5 N–H and O–H groups in total. The number of aromatic nitrogens is 4. The van der Waals surface area contributed by atoms with Crippen LogP contribution in [-0.2, 0) is 19.1 Å². The molecule has 2 aliphatic heterocycles. The van der Waals surface area contributed by atoms with Crippen LogP contribution in [-0.4, -0.2) is 98.6 Å². The number of alkyl carbamates (subject to hydrolysis) is 1. The van der Waals surface area contributed by atoms with E-state index in [1.807, 2.05) is 49.8 Å². The van der Waals surface area contributed by atoms with Crippen LogP contribution in [0, 0.1) is 11.8 Å². The number of likely N-dealkylation sites (tertiary alicyclic amines) is 2. The lowest BCUT2D eigenvalue weighted by Gasteiger charge is -2.31. The number of carbonyl (C=O) groups excluding carboxylic acids is 3. The molecule has 14 heteroatoms. The van der Waals surface area contributed by atoms with Crippen LogP contribution in [0.3, 0.4) is 0 Å². The Morgan fingerprint density at radius 1 is 0.786 bits per heavy atom. The maximum Gasteiger partial charge on any atom is 0.407 e. The Balaban J connectivity index is 1.07. The van der Waals surface area contributed by atoms with Crippen LogP contribution in [0.5, 0.6) is 0 Å². The van der Waals surface area contributed by atoms with Gasteiger partial charge in [-0.15, -0.1) is 0 Å². The zero-order valence-electron chi connectivity index (χ0n) is 32.8. The molecular formula is C42H52N8O6.